The van der Waals surface area contributed by atoms with Crippen molar-refractivity contribution in [1.82, 2.24) is 19.7 Å². The number of nitrogens with zero attached hydrogens (tertiary/aromatic N) is 3. The molecule has 1 atom stereocenters. The smallest absolute Gasteiger partial charge is 0.324 e. The zero-order chi connectivity index (χ0) is 17.1. The monoisotopic (exact) mass is 349 g/mol. The van der Waals surface area contributed by atoms with E-state index in [9.17, 15) is 13.8 Å². The highest BCUT2D eigenvalue weighted by Crippen LogP contribution is 2.21. The third-order valence-corrected chi connectivity index (χ3v) is 5.10. The first-order valence-corrected chi connectivity index (χ1v) is 9.21. The highest BCUT2D eigenvalue weighted by Gasteiger charge is 2.24. The predicted octanol–water partition coefficient (Wildman–Crippen LogP) is 1.18. The van der Waals surface area contributed by atoms with Gasteiger partial charge in [0.1, 0.15) is 6.33 Å². The van der Waals surface area contributed by atoms with Gasteiger partial charge in [0.15, 0.2) is 0 Å². The second-order valence-electron chi connectivity index (χ2n) is 5.70. The molecule has 8 nitrogen and oxygen atoms in total. The van der Waals surface area contributed by atoms with Crippen molar-refractivity contribution >= 4 is 22.5 Å². The maximum Gasteiger partial charge on any atom is 0.343 e. The molecule has 1 aromatic heterocycles. The fraction of sp³-hybridized carbons (Fsp3) is 0.400. The molecule has 0 aliphatic carbocycles. The van der Waals surface area contributed by atoms with Gasteiger partial charge in [0.25, 0.3) is 0 Å². The average molecular weight is 349 g/mol. The summed E-state index contributed by atoms with van der Waals surface area (Å²) < 4.78 is 12.9. The van der Waals surface area contributed by atoms with Crippen LogP contribution >= 0.6 is 0 Å². The lowest BCUT2D eigenvalue weighted by atomic mass is 10.1. The first-order valence-electron chi connectivity index (χ1n) is 7.65. The van der Waals surface area contributed by atoms with Crippen LogP contribution in [0, 0.1) is 0 Å². The number of hydrogen-bond acceptors (Lipinski definition) is 4. The molecular weight excluding hydrogens is 330 g/mol. The molecule has 1 aliphatic rings. The van der Waals surface area contributed by atoms with E-state index in [-0.39, 0.29) is 17.8 Å². The minimum absolute atomic E-state index is 0.0686. The molecule has 1 unspecified atom stereocenters. The lowest BCUT2D eigenvalue weighted by Crippen LogP contribution is -2.42. The summed E-state index contributed by atoms with van der Waals surface area (Å²) in [6.07, 6.45) is 4.53. The van der Waals surface area contributed by atoms with Crippen molar-refractivity contribution in [2.24, 2.45) is 0 Å². The van der Waals surface area contributed by atoms with Crippen LogP contribution < -0.4 is 11.0 Å². The molecule has 1 aliphatic heterocycles. The Bertz CT molecular complexity index is 790. The number of nitrogens with one attached hydrogen (secondary N) is 2. The van der Waals surface area contributed by atoms with Crippen LogP contribution in [0.2, 0.25) is 0 Å². The Kier molecular flexibility index (Phi) is 4.79. The average Bonchev–Trinajstić information content (AvgIpc) is 3.01. The molecule has 128 valence electrons. The molecule has 0 spiro atoms. The van der Waals surface area contributed by atoms with Crippen molar-refractivity contribution in [3.63, 3.8) is 0 Å². The lowest BCUT2D eigenvalue weighted by molar-refractivity contribution is 0.183. The van der Waals surface area contributed by atoms with E-state index in [1.807, 2.05) is 0 Å². The summed E-state index contributed by atoms with van der Waals surface area (Å²) >= 11 is 0. The third-order valence-electron chi connectivity index (χ3n) is 4.16. The topological polar surface area (TPSA) is 100 Å². The highest BCUT2D eigenvalue weighted by atomic mass is 32.2. The van der Waals surface area contributed by atoms with E-state index >= 15 is 0 Å². The van der Waals surface area contributed by atoms with Gasteiger partial charge in [-0.2, -0.15) is 5.10 Å². The number of piperidine rings is 1. The van der Waals surface area contributed by atoms with Gasteiger partial charge in [-0.15, -0.1) is 0 Å². The minimum atomic E-state index is -1.03. The Labute approximate surface area is 141 Å². The maximum absolute atomic E-state index is 12.3. The fourth-order valence-corrected chi connectivity index (χ4v) is 3.32. The number of amides is 2. The van der Waals surface area contributed by atoms with Crippen LogP contribution in [0.25, 0.3) is 0 Å². The van der Waals surface area contributed by atoms with Gasteiger partial charge in [-0.3, -0.25) is 8.78 Å². The number of anilines is 1. The van der Waals surface area contributed by atoms with Gasteiger partial charge >= 0.3 is 11.7 Å². The van der Waals surface area contributed by atoms with E-state index in [4.69, 9.17) is 0 Å². The lowest BCUT2D eigenvalue weighted by Gasteiger charge is -2.32. The second-order valence-corrected chi connectivity index (χ2v) is 7.08. The Morgan fingerprint density at radius 1 is 1.29 bits per heavy atom. The van der Waals surface area contributed by atoms with E-state index < -0.39 is 10.8 Å². The van der Waals surface area contributed by atoms with Crippen molar-refractivity contribution < 1.29 is 9.00 Å². The molecule has 0 radical (unpaired) electrons. The number of rotatable bonds is 3. The number of H-pyrrole nitrogens is 1. The molecule has 0 saturated carbocycles. The van der Waals surface area contributed by atoms with E-state index in [1.165, 1.54) is 6.33 Å². The second kappa shape index (κ2) is 7.00. The van der Waals surface area contributed by atoms with Crippen molar-refractivity contribution in [3.8, 4) is 0 Å². The quantitative estimate of drug-likeness (QED) is 0.869. The molecule has 2 heterocycles. The SMILES string of the molecule is CS(=O)c1ccc(NC(=O)N2CCC(n3cn[nH]c3=O)CC2)cc1. The Morgan fingerprint density at radius 3 is 2.50 bits per heavy atom. The molecule has 1 aromatic carbocycles. The molecule has 9 heteroatoms. The number of aromatic nitrogens is 3. The van der Waals surface area contributed by atoms with Crippen LogP contribution in [-0.2, 0) is 10.8 Å². The molecule has 2 amide bonds. The summed E-state index contributed by atoms with van der Waals surface area (Å²) in [6.45, 7) is 1.15. The number of urea groups is 1. The van der Waals surface area contributed by atoms with Gasteiger partial charge in [0.05, 0.1) is 0 Å². The van der Waals surface area contributed by atoms with E-state index in [1.54, 1.807) is 40.0 Å². The van der Waals surface area contributed by atoms with Crippen molar-refractivity contribution in [2.45, 2.75) is 23.8 Å². The van der Waals surface area contributed by atoms with Crippen molar-refractivity contribution in [3.05, 3.63) is 41.1 Å². The standard InChI is InChI=1S/C15H19N5O3S/c1-24(23)13-4-2-11(3-5-13)17-14(21)19-8-6-12(7-9-19)20-10-16-18-15(20)22/h2-5,10,12H,6-9H2,1H3,(H,17,21)(H,18,22). The molecule has 2 aromatic rings. The van der Waals surface area contributed by atoms with Crippen LogP contribution in [0.3, 0.4) is 0 Å². The van der Waals surface area contributed by atoms with Crippen LogP contribution in [0.5, 0.6) is 0 Å². The fourth-order valence-electron chi connectivity index (χ4n) is 2.80. The molecule has 3 rings (SSSR count). The zero-order valence-corrected chi connectivity index (χ0v) is 14.1. The van der Waals surface area contributed by atoms with Crippen molar-refractivity contribution in [1.29, 1.82) is 0 Å². The molecule has 24 heavy (non-hydrogen) atoms. The first-order chi connectivity index (χ1) is 11.5. The Hall–Kier alpha value is -2.42. The molecule has 0 bridgehead atoms. The van der Waals surface area contributed by atoms with E-state index in [0.717, 1.165) is 4.90 Å². The largest absolute Gasteiger partial charge is 0.343 e. The Morgan fingerprint density at radius 2 is 1.96 bits per heavy atom. The van der Waals surface area contributed by atoms with Gasteiger partial charge < -0.3 is 10.2 Å². The van der Waals surface area contributed by atoms with E-state index in [0.29, 0.717) is 31.6 Å². The number of carbonyl (C=O) groups is 1. The molecule has 1 saturated heterocycles. The summed E-state index contributed by atoms with van der Waals surface area (Å²) in [5, 5.41) is 8.96. The number of likely N-dealkylation sites (tertiary alicyclic amines) is 1. The minimum Gasteiger partial charge on any atom is -0.324 e. The van der Waals surface area contributed by atoms with Crippen LogP contribution in [-0.4, -0.2) is 49.2 Å². The maximum atomic E-state index is 12.3. The third kappa shape index (κ3) is 3.56. The van der Waals surface area contributed by atoms with E-state index in [2.05, 4.69) is 15.5 Å². The van der Waals surface area contributed by atoms with Gasteiger partial charge in [-0.1, -0.05) is 0 Å². The highest BCUT2D eigenvalue weighted by molar-refractivity contribution is 7.84. The summed E-state index contributed by atoms with van der Waals surface area (Å²) in [7, 11) is -1.03. The number of benzene rings is 1. The summed E-state index contributed by atoms with van der Waals surface area (Å²) in [5.74, 6) is 0. The molecule has 1 fully saturated rings. The van der Waals surface area contributed by atoms with Crippen LogP contribution in [0.15, 0.2) is 40.3 Å². The number of aromatic amines is 1. The predicted molar refractivity (Wildman–Crippen MR) is 90.5 cm³/mol. The van der Waals surface area contributed by atoms with Gasteiger partial charge in [0, 0.05) is 46.8 Å². The van der Waals surface area contributed by atoms with Crippen LogP contribution in [0.1, 0.15) is 18.9 Å². The van der Waals surface area contributed by atoms with Gasteiger partial charge in [0.2, 0.25) is 0 Å². The molecular formula is C15H19N5O3S. The van der Waals surface area contributed by atoms with Gasteiger partial charge in [-0.05, 0) is 37.1 Å². The summed E-state index contributed by atoms with van der Waals surface area (Å²) in [5.41, 5.74) is 0.452. The number of hydrogen-bond donors (Lipinski definition) is 2. The molecule has 2 N–H and O–H groups in total. The summed E-state index contributed by atoms with van der Waals surface area (Å²) in [4.78, 5) is 26.3. The summed E-state index contributed by atoms with van der Waals surface area (Å²) in [6, 6.07) is 6.86. The van der Waals surface area contributed by atoms with Gasteiger partial charge in [-0.25, -0.2) is 14.7 Å². The zero-order valence-electron chi connectivity index (χ0n) is 13.3. The first kappa shape index (κ1) is 16.4. The Balaban J connectivity index is 1.56. The van der Waals surface area contributed by atoms with Crippen LogP contribution in [0.4, 0.5) is 10.5 Å². The van der Waals surface area contributed by atoms with Crippen molar-refractivity contribution in [2.75, 3.05) is 24.7 Å². The number of carbonyl (C=O) groups excluding carboxylic acids is 1. The normalized spacial score (nSPS) is 16.8.